The highest BCUT2D eigenvalue weighted by Gasteiger charge is 2.07. The Balaban J connectivity index is 2.54. The van der Waals surface area contributed by atoms with Crippen molar-refractivity contribution in [2.45, 2.75) is 13.8 Å². The highest BCUT2D eigenvalue weighted by molar-refractivity contribution is 7.15. The van der Waals surface area contributed by atoms with Crippen molar-refractivity contribution in [3.8, 4) is 16.6 Å². The van der Waals surface area contributed by atoms with E-state index in [1.165, 1.54) is 22.5 Å². The van der Waals surface area contributed by atoms with Gasteiger partial charge in [0, 0.05) is 5.56 Å². The van der Waals surface area contributed by atoms with E-state index >= 15 is 0 Å². The van der Waals surface area contributed by atoms with E-state index in [1.807, 2.05) is 0 Å². The number of rotatable bonds is 1. The molecule has 0 radical (unpaired) electrons. The molecule has 0 saturated carbocycles. The molecule has 0 spiro atoms. The van der Waals surface area contributed by atoms with Crippen LogP contribution >= 0.6 is 11.3 Å². The van der Waals surface area contributed by atoms with Gasteiger partial charge in [0.15, 0.2) is 0 Å². The summed E-state index contributed by atoms with van der Waals surface area (Å²) in [6, 6.07) is 8.38. The van der Waals surface area contributed by atoms with E-state index in [1.54, 1.807) is 6.20 Å². The van der Waals surface area contributed by atoms with Gasteiger partial charge in [-0.15, -0.1) is 11.3 Å². The molecule has 0 unspecified atom stereocenters. The number of aryl methyl sites for hydroxylation is 2. The number of thiazole rings is 1. The van der Waals surface area contributed by atoms with Crippen molar-refractivity contribution < 1.29 is 0 Å². The van der Waals surface area contributed by atoms with Crippen LogP contribution < -0.4 is 0 Å². The fraction of sp³-hybridized carbons (Fsp3) is 0.167. The van der Waals surface area contributed by atoms with E-state index in [-0.39, 0.29) is 0 Å². The zero-order chi connectivity index (χ0) is 10.8. The van der Waals surface area contributed by atoms with Crippen molar-refractivity contribution in [1.29, 1.82) is 5.26 Å². The van der Waals surface area contributed by atoms with Crippen molar-refractivity contribution in [2.75, 3.05) is 0 Å². The molecule has 0 saturated heterocycles. The topological polar surface area (TPSA) is 36.7 Å². The van der Waals surface area contributed by atoms with Crippen molar-refractivity contribution >= 4 is 11.3 Å². The Morgan fingerprint density at radius 3 is 2.80 bits per heavy atom. The zero-order valence-corrected chi connectivity index (χ0v) is 9.43. The van der Waals surface area contributed by atoms with Gasteiger partial charge in [0.05, 0.1) is 6.20 Å². The van der Waals surface area contributed by atoms with E-state index in [4.69, 9.17) is 5.26 Å². The third kappa shape index (κ3) is 1.90. The summed E-state index contributed by atoms with van der Waals surface area (Å²) in [5, 5.41) is 9.67. The molecule has 0 aliphatic rings. The Hall–Kier alpha value is -1.66. The minimum absolute atomic E-state index is 0.658. The molecule has 1 heterocycles. The number of nitriles is 1. The lowest BCUT2D eigenvalue weighted by Crippen LogP contribution is -1.83. The van der Waals surface area contributed by atoms with Gasteiger partial charge in [0.2, 0.25) is 0 Å². The van der Waals surface area contributed by atoms with Crippen LogP contribution in [0, 0.1) is 25.2 Å². The molecule has 2 nitrogen and oxygen atoms in total. The van der Waals surface area contributed by atoms with E-state index in [0.717, 1.165) is 10.6 Å². The highest BCUT2D eigenvalue weighted by Crippen LogP contribution is 2.28. The quantitative estimate of drug-likeness (QED) is 0.730. The summed E-state index contributed by atoms with van der Waals surface area (Å²) >= 11 is 1.44. The van der Waals surface area contributed by atoms with Gasteiger partial charge in [-0.3, -0.25) is 0 Å². The van der Waals surface area contributed by atoms with Gasteiger partial charge in [0.1, 0.15) is 16.0 Å². The molecule has 0 aliphatic heterocycles. The van der Waals surface area contributed by atoms with Crippen LogP contribution in [0.3, 0.4) is 0 Å². The van der Waals surface area contributed by atoms with Crippen LogP contribution in [0.2, 0.25) is 0 Å². The molecule has 0 bridgehead atoms. The third-order valence-corrected chi connectivity index (χ3v) is 3.17. The second-order valence-corrected chi connectivity index (χ2v) is 4.49. The molecule has 0 N–H and O–H groups in total. The standard InChI is InChI=1S/C12H10N2S/c1-8-3-4-9(2)11(5-8)12-14-7-10(6-13)15-12/h3-5,7H,1-2H3. The lowest BCUT2D eigenvalue weighted by Gasteiger charge is -2.02. The summed E-state index contributed by atoms with van der Waals surface area (Å²) in [5.41, 5.74) is 3.53. The Kier molecular flexibility index (Phi) is 2.53. The molecular weight excluding hydrogens is 204 g/mol. The van der Waals surface area contributed by atoms with Gasteiger partial charge in [-0.2, -0.15) is 5.26 Å². The molecule has 2 aromatic rings. The van der Waals surface area contributed by atoms with Crippen LogP contribution in [0.25, 0.3) is 10.6 Å². The lowest BCUT2D eigenvalue weighted by molar-refractivity contribution is 1.35. The second-order valence-electron chi connectivity index (χ2n) is 3.46. The fourth-order valence-electron chi connectivity index (χ4n) is 1.42. The first-order valence-corrected chi connectivity index (χ1v) is 5.46. The van der Waals surface area contributed by atoms with Crippen molar-refractivity contribution in [1.82, 2.24) is 4.98 Å². The molecule has 0 aliphatic carbocycles. The average molecular weight is 214 g/mol. The number of hydrogen-bond donors (Lipinski definition) is 0. The number of aromatic nitrogens is 1. The Morgan fingerprint density at radius 1 is 1.33 bits per heavy atom. The predicted molar refractivity (Wildman–Crippen MR) is 61.7 cm³/mol. The van der Waals surface area contributed by atoms with Gasteiger partial charge >= 0.3 is 0 Å². The van der Waals surface area contributed by atoms with E-state index < -0.39 is 0 Å². The van der Waals surface area contributed by atoms with Crippen LogP contribution in [-0.2, 0) is 0 Å². The first-order valence-electron chi connectivity index (χ1n) is 4.64. The third-order valence-electron chi connectivity index (χ3n) is 2.24. The summed E-state index contributed by atoms with van der Waals surface area (Å²) in [4.78, 5) is 4.91. The van der Waals surface area contributed by atoms with Gasteiger partial charge in [-0.1, -0.05) is 17.7 Å². The van der Waals surface area contributed by atoms with Crippen molar-refractivity contribution in [3.63, 3.8) is 0 Å². The monoisotopic (exact) mass is 214 g/mol. The minimum atomic E-state index is 0.658. The first-order chi connectivity index (χ1) is 7.20. The van der Waals surface area contributed by atoms with Crippen molar-refractivity contribution in [3.05, 3.63) is 40.4 Å². The second kappa shape index (κ2) is 3.84. The van der Waals surface area contributed by atoms with Gasteiger partial charge in [-0.25, -0.2) is 4.98 Å². The summed E-state index contributed by atoms with van der Waals surface area (Å²) in [7, 11) is 0. The summed E-state index contributed by atoms with van der Waals surface area (Å²) in [6.07, 6.45) is 1.63. The number of benzene rings is 1. The largest absolute Gasteiger partial charge is 0.243 e. The molecule has 1 aromatic heterocycles. The van der Waals surface area contributed by atoms with Crippen LogP contribution in [0.5, 0.6) is 0 Å². The predicted octanol–water partition coefficient (Wildman–Crippen LogP) is 3.30. The Morgan fingerprint density at radius 2 is 2.13 bits per heavy atom. The summed E-state index contributed by atoms with van der Waals surface area (Å²) in [6.45, 7) is 4.12. The van der Waals surface area contributed by atoms with Crippen molar-refractivity contribution in [2.24, 2.45) is 0 Å². The van der Waals surface area contributed by atoms with E-state index in [2.05, 4.69) is 43.1 Å². The normalized spacial score (nSPS) is 9.93. The first kappa shape index (κ1) is 9.88. The maximum atomic E-state index is 8.74. The minimum Gasteiger partial charge on any atom is -0.243 e. The Labute approximate surface area is 92.8 Å². The summed E-state index contributed by atoms with van der Waals surface area (Å²) in [5.74, 6) is 0. The maximum Gasteiger partial charge on any atom is 0.125 e. The molecule has 0 fully saturated rings. The molecule has 0 atom stereocenters. The molecule has 0 amide bonds. The van der Waals surface area contributed by atoms with E-state index in [9.17, 15) is 0 Å². The van der Waals surface area contributed by atoms with Crippen LogP contribution in [0.1, 0.15) is 16.0 Å². The highest BCUT2D eigenvalue weighted by atomic mass is 32.1. The van der Waals surface area contributed by atoms with Crippen LogP contribution in [0.15, 0.2) is 24.4 Å². The SMILES string of the molecule is Cc1ccc(C)c(-c2ncc(C#N)s2)c1. The fourth-order valence-corrected chi connectivity index (χ4v) is 2.21. The summed E-state index contributed by atoms with van der Waals surface area (Å²) < 4.78 is 0. The Bertz CT molecular complexity index is 535. The van der Waals surface area contributed by atoms with E-state index in [0.29, 0.717) is 4.88 Å². The van der Waals surface area contributed by atoms with Gasteiger partial charge in [-0.05, 0) is 25.5 Å². The molecule has 3 heteroatoms. The average Bonchev–Trinajstić information content (AvgIpc) is 2.70. The number of nitrogens with zero attached hydrogens (tertiary/aromatic N) is 2. The van der Waals surface area contributed by atoms with Crippen LogP contribution in [0.4, 0.5) is 0 Å². The maximum absolute atomic E-state index is 8.74. The van der Waals surface area contributed by atoms with Gasteiger partial charge in [0.25, 0.3) is 0 Å². The molecule has 74 valence electrons. The smallest absolute Gasteiger partial charge is 0.125 e. The molecular formula is C12H10N2S. The molecule has 15 heavy (non-hydrogen) atoms. The van der Waals surface area contributed by atoms with Gasteiger partial charge < -0.3 is 0 Å². The zero-order valence-electron chi connectivity index (χ0n) is 8.61. The number of hydrogen-bond acceptors (Lipinski definition) is 3. The molecule has 2 rings (SSSR count). The lowest BCUT2D eigenvalue weighted by atomic mass is 10.1. The molecule has 1 aromatic carbocycles. The van der Waals surface area contributed by atoms with Crippen LogP contribution in [-0.4, -0.2) is 4.98 Å².